The highest BCUT2D eigenvalue weighted by Crippen LogP contribution is 2.27. The number of hydrogen-bond donors (Lipinski definition) is 2. The van der Waals surface area contributed by atoms with Gasteiger partial charge < -0.3 is 20.1 Å². The lowest BCUT2D eigenvalue weighted by Crippen LogP contribution is -2.52. The quantitative estimate of drug-likeness (QED) is 0.625. The van der Waals surface area contributed by atoms with Crippen molar-refractivity contribution in [2.24, 2.45) is 0 Å². The Hall–Kier alpha value is -3.51. The van der Waals surface area contributed by atoms with Crippen molar-refractivity contribution < 1.29 is 14.6 Å². The molecule has 1 unspecified atom stereocenters. The molecule has 6 heteroatoms. The second-order valence-electron chi connectivity index (χ2n) is 7.62. The molecule has 31 heavy (non-hydrogen) atoms. The van der Waals surface area contributed by atoms with Crippen molar-refractivity contribution in [3.05, 3.63) is 78.9 Å². The molecule has 3 aromatic carbocycles. The van der Waals surface area contributed by atoms with E-state index in [1.807, 2.05) is 79.7 Å². The third-order valence-corrected chi connectivity index (χ3v) is 5.56. The number of benzene rings is 3. The summed E-state index contributed by atoms with van der Waals surface area (Å²) in [6.45, 7) is 4.97. The van der Waals surface area contributed by atoms with Crippen LogP contribution >= 0.6 is 0 Å². The van der Waals surface area contributed by atoms with Crippen LogP contribution in [0.15, 0.2) is 78.9 Å². The van der Waals surface area contributed by atoms with Crippen LogP contribution in [0.4, 0.5) is 11.4 Å². The monoisotopic (exact) mass is 417 g/mol. The maximum atomic E-state index is 12.8. The van der Waals surface area contributed by atoms with Gasteiger partial charge in [0.25, 0.3) is 0 Å². The lowest BCUT2D eigenvalue weighted by molar-refractivity contribution is -0.120. The lowest BCUT2D eigenvalue weighted by Gasteiger charge is -2.38. The van der Waals surface area contributed by atoms with Crippen LogP contribution in [-0.2, 0) is 4.79 Å². The van der Waals surface area contributed by atoms with E-state index in [1.165, 1.54) is 0 Å². The summed E-state index contributed by atoms with van der Waals surface area (Å²) in [5.41, 5.74) is 1.59. The molecule has 6 nitrogen and oxygen atoms in total. The fraction of sp³-hybridized carbons (Fsp3) is 0.240. The Bertz CT molecular complexity index is 1000. The Morgan fingerprint density at radius 2 is 1.48 bits per heavy atom. The predicted octanol–water partition coefficient (Wildman–Crippen LogP) is 4.33. The van der Waals surface area contributed by atoms with Crippen LogP contribution in [0, 0.1) is 0 Å². The molecule has 0 radical (unpaired) electrons. The molecule has 1 saturated heterocycles. The number of aromatic hydroxyl groups is 1. The number of ether oxygens (including phenoxy) is 1. The Labute approximate surface area is 182 Å². The second-order valence-corrected chi connectivity index (χ2v) is 7.62. The minimum Gasteiger partial charge on any atom is -0.506 e. The van der Waals surface area contributed by atoms with Crippen LogP contribution in [0.3, 0.4) is 0 Å². The van der Waals surface area contributed by atoms with Gasteiger partial charge in [0.1, 0.15) is 17.2 Å². The van der Waals surface area contributed by atoms with Gasteiger partial charge in [-0.05, 0) is 55.5 Å². The first kappa shape index (κ1) is 20.8. The third-order valence-electron chi connectivity index (χ3n) is 5.56. The van der Waals surface area contributed by atoms with Crippen molar-refractivity contribution in [2.45, 2.75) is 13.0 Å². The number of rotatable bonds is 6. The van der Waals surface area contributed by atoms with E-state index in [1.54, 1.807) is 6.07 Å². The largest absolute Gasteiger partial charge is 0.506 e. The van der Waals surface area contributed by atoms with Gasteiger partial charge in [0.05, 0.1) is 11.7 Å². The molecule has 1 fully saturated rings. The Balaban J connectivity index is 1.29. The van der Waals surface area contributed by atoms with Gasteiger partial charge in [-0.1, -0.05) is 30.3 Å². The average Bonchev–Trinajstić information content (AvgIpc) is 2.81. The normalized spacial score (nSPS) is 15.3. The zero-order chi connectivity index (χ0) is 21.6. The molecule has 1 heterocycles. The third kappa shape index (κ3) is 5.16. The van der Waals surface area contributed by atoms with Crippen LogP contribution in [0.2, 0.25) is 0 Å². The van der Waals surface area contributed by atoms with E-state index in [0.29, 0.717) is 5.75 Å². The van der Waals surface area contributed by atoms with Gasteiger partial charge >= 0.3 is 0 Å². The number of carbonyl (C=O) groups excluding carboxylic acids is 1. The predicted molar refractivity (Wildman–Crippen MR) is 123 cm³/mol. The Kier molecular flexibility index (Phi) is 6.38. The number of piperazine rings is 1. The molecule has 160 valence electrons. The smallest absolute Gasteiger partial charge is 0.241 e. The first-order chi connectivity index (χ1) is 15.1. The molecule has 0 saturated carbocycles. The maximum absolute atomic E-state index is 12.8. The number of carbonyl (C=O) groups is 1. The molecule has 3 aromatic rings. The molecule has 0 spiro atoms. The van der Waals surface area contributed by atoms with Gasteiger partial charge in [-0.25, -0.2) is 0 Å². The summed E-state index contributed by atoms with van der Waals surface area (Å²) in [4.78, 5) is 17.1. The number of amides is 1. The van der Waals surface area contributed by atoms with Crippen molar-refractivity contribution in [3.8, 4) is 17.2 Å². The molecule has 0 aliphatic carbocycles. The van der Waals surface area contributed by atoms with Crippen LogP contribution < -0.4 is 15.0 Å². The number of nitrogens with zero attached hydrogens (tertiary/aromatic N) is 2. The number of para-hydroxylation sites is 3. The highest BCUT2D eigenvalue weighted by atomic mass is 16.5. The summed E-state index contributed by atoms with van der Waals surface area (Å²) in [6.07, 6.45) is 0. The van der Waals surface area contributed by atoms with E-state index in [4.69, 9.17) is 4.74 Å². The molecule has 1 aliphatic rings. The van der Waals surface area contributed by atoms with Gasteiger partial charge in [-0.15, -0.1) is 0 Å². The highest BCUT2D eigenvalue weighted by molar-refractivity contribution is 5.94. The SMILES string of the molecule is CC(C(=O)Nc1ccc(Oc2ccccc2)cc1)N1CCN(c2ccccc2O)CC1. The fourth-order valence-electron chi connectivity index (χ4n) is 3.73. The van der Waals surface area contributed by atoms with Crippen molar-refractivity contribution >= 4 is 17.3 Å². The van der Waals surface area contributed by atoms with E-state index >= 15 is 0 Å². The molecule has 0 bridgehead atoms. The maximum Gasteiger partial charge on any atom is 0.241 e. The van der Waals surface area contributed by atoms with Gasteiger partial charge in [-0.3, -0.25) is 9.69 Å². The van der Waals surface area contributed by atoms with Crippen LogP contribution in [0.5, 0.6) is 17.2 Å². The lowest BCUT2D eigenvalue weighted by atomic mass is 10.2. The van der Waals surface area contributed by atoms with E-state index < -0.39 is 0 Å². The summed E-state index contributed by atoms with van der Waals surface area (Å²) < 4.78 is 5.79. The first-order valence-electron chi connectivity index (χ1n) is 10.5. The molecule has 4 rings (SSSR count). The minimum atomic E-state index is -0.244. The van der Waals surface area contributed by atoms with Crippen LogP contribution in [-0.4, -0.2) is 48.1 Å². The summed E-state index contributed by atoms with van der Waals surface area (Å²) in [7, 11) is 0. The van der Waals surface area contributed by atoms with Gasteiger partial charge in [-0.2, -0.15) is 0 Å². The topological polar surface area (TPSA) is 65.0 Å². The number of phenols is 1. The standard InChI is InChI=1S/C25H27N3O3/c1-19(27-15-17-28(18-16-27)23-9-5-6-10-24(23)29)25(30)26-20-11-13-22(14-12-20)31-21-7-3-2-4-8-21/h2-14,19,29H,15-18H2,1H3,(H,26,30). The number of nitrogens with one attached hydrogen (secondary N) is 1. The van der Waals surface area contributed by atoms with Gasteiger partial charge in [0, 0.05) is 31.9 Å². The van der Waals surface area contributed by atoms with Gasteiger partial charge in [0.2, 0.25) is 5.91 Å². The van der Waals surface area contributed by atoms with Crippen molar-refractivity contribution in [1.29, 1.82) is 0 Å². The summed E-state index contributed by atoms with van der Waals surface area (Å²) in [5.74, 6) is 1.75. The zero-order valence-electron chi connectivity index (χ0n) is 17.6. The fourth-order valence-corrected chi connectivity index (χ4v) is 3.73. The van der Waals surface area contributed by atoms with E-state index in [9.17, 15) is 9.90 Å². The average molecular weight is 418 g/mol. The van der Waals surface area contributed by atoms with E-state index in [0.717, 1.165) is 49.1 Å². The number of anilines is 2. The van der Waals surface area contributed by atoms with E-state index in [2.05, 4.69) is 15.1 Å². The molecule has 1 amide bonds. The second kappa shape index (κ2) is 9.53. The molecule has 1 atom stereocenters. The van der Waals surface area contributed by atoms with Crippen LogP contribution in [0.25, 0.3) is 0 Å². The highest BCUT2D eigenvalue weighted by Gasteiger charge is 2.26. The van der Waals surface area contributed by atoms with Gasteiger partial charge in [0.15, 0.2) is 0 Å². The molecule has 0 aromatic heterocycles. The summed E-state index contributed by atoms with van der Waals surface area (Å²) in [6, 6.07) is 24.1. The van der Waals surface area contributed by atoms with Crippen molar-refractivity contribution in [1.82, 2.24) is 4.90 Å². The first-order valence-corrected chi connectivity index (χ1v) is 10.5. The van der Waals surface area contributed by atoms with E-state index in [-0.39, 0.29) is 11.9 Å². The van der Waals surface area contributed by atoms with Crippen LogP contribution in [0.1, 0.15) is 6.92 Å². The zero-order valence-corrected chi connectivity index (χ0v) is 17.6. The Morgan fingerprint density at radius 1 is 0.871 bits per heavy atom. The summed E-state index contributed by atoms with van der Waals surface area (Å²) >= 11 is 0. The molecule has 1 aliphatic heterocycles. The minimum absolute atomic E-state index is 0.0345. The summed E-state index contributed by atoms with van der Waals surface area (Å²) in [5, 5.41) is 13.1. The molecular formula is C25H27N3O3. The van der Waals surface area contributed by atoms with Crippen molar-refractivity contribution in [3.63, 3.8) is 0 Å². The molecular weight excluding hydrogens is 390 g/mol. The van der Waals surface area contributed by atoms with Crippen molar-refractivity contribution in [2.75, 3.05) is 36.4 Å². The Morgan fingerprint density at radius 3 is 2.16 bits per heavy atom. The number of hydrogen-bond acceptors (Lipinski definition) is 5. The number of phenolic OH excluding ortho intramolecular Hbond substituents is 1. The molecule has 2 N–H and O–H groups in total.